The van der Waals surface area contributed by atoms with Crippen LogP contribution in [0.1, 0.15) is 38.5 Å². The van der Waals surface area contributed by atoms with E-state index in [-0.39, 0.29) is 11.9 Å². The Labute approximate surface area is 164 Å². The van der Waals surface area contributed by atoms with Crippen molar-refractivity contribution in [2.75, 3.05) is 32.1 Å². The molecule has 5 heteroatoms. The standard InChI is InChI=1S/C21H26N2OS2/c1-23(2)19(16-7-4-3-5-8-16)15-22-20(24)17-9-11-18(12-10-17)21-25-13-6-14-26-21/h3-5,7-12,19,21H,6,13-15H2,1-2H3,(H,22,24)/t19-/m0/s1. The van der Waals surface area contributed by atoms with Crippen molar-refractivity contribution in [2.45, 2.75) is 17.0 Å². The van der Waals surface area contributed by atoms with Gasteiger partial charge in [0.25, 0.3) is 5.91 Å². The van der Waals surface area contributed by atoms with Crippen LogP contribution in [0.2, 0.25) is 0 Å². The summed E-state index contributed by atoms with van der Waals surface area (Å²) < 4.78 is 0.511. The highest BCUT2D eigenvalue weighted by molar-refractivity contribution is 8.16. The molecule has 1 atom stereocenters. The van der Waals surface area contributed by atoms with Crippen molar-refractivity contribution in [1.29, 1.82) is 0 Å². The number of thioether (sulfide) groups is 2. The lowest BCUT2D eigenvalue weighted by atomic mass is 10.1. The first kappa shape index (κ1) is 19.3. The topological polar surface area (TPSA) is 32.3 Å². The van der Waals surface area contributed by atoms with Gasteiger partial charge < -0.3 is 10.2 Å². The minimum atomic E-state index is -0.0109. The normalized spacial score (nSPS) is 16.4. The first-order valence-corrected chi connectivity index (χ1v) is 11.1. The summed E-state index contributed by atoms with van der Waals surface area (Å²) in [5.74, 6) is 2.44. The molecule has 1 fully saturated rings. The van der Waals surface area contributed by atoms with Crippen molar-refractivity contribution < 1.29 is 4.79 Å². The quantitative estimate of drug-likeness (QED) is 0.787. The predicted molar refractivity (Wildman–Crippen MR) is 114 cm³/mol. The molecule has 0 bridgehead atoms. The van der Waals surface area contributed by atoms with E-state index in [0.29, 0.717) is 11.1 Å². The van der Waals surface area contributed by atoms with E-state index >= 15 is 0 Å². The van der Waals surface area contributed by atoms with Gasteiger partial charge in [-0.25, -0.2) is 0 Å². The van der Waals surface area contributed by atoms with E-state index in [1.54, 1.807) is 0 Å². The summed E-state index contributed by atoms with van der Waals surface area (Å²) in [7, 11) is 4.08. The lowest BCUT2D eigenvalue weighted by Gasteiger charge is -2.25. The molecule has 1 amide bonds. The largest absolute Gasteiger partial charge is 0.350 e. The third kappa shape index (κ3) is 5.06. The highest BCUT2D eigenvalue weighted by Gasteiger charge is 2.18. The highest BCUT2D eigenvalue weighted by Crippen LogP contribution is 2.43. The van der Waals surface area contributed by atoms with E-state index < -0.39 is 0 Å². The van der Waals surface area contributed by atoms with Crippen molar-refractivity contribution in [3.63, 3.8) is 0 Å². The van der Waals surface area contributed by atoms with Crippen LogP contribution in [0, 0.1) is 0 Å². The number of carbonyl (C=O) groups excluding carboxylic acids is 1. The number of nitrogens with zero attached hydrogens (tertiary/aromatic N) is 1. The van der Waals surface area contributed by atoms with E-state index in [0.717, 1.165) is 5.56 Å². The summed E-state index contributed by atoms with van der Waals surface area (Å²) in [6, 6.07) is 18.6. The molecule has 0 radical (unpaired) electrons. The van der Waals surface area contributed by atoms with Gasteiger partial charge in [-0.15, -0.1) is 23.5 Å². The zero-order valence-electron chi connectivity index (χ0n) is 15.4. The van der Waals surface area contributed by atoms with E-state index in [4.69, 9.17) is 0 Å². The minimum absolute atomic E-state index is 0.0109. The van der Waals surface area contributed by atoms with Gasteiger partial charge in [-0.3, -0.25) is 4.79 Å². The molecule has 0 spiro atoms. The Morgan fingerprint density at radius 1 is 1.08 bits per heavy atom. The molecule has 3 rings (SSSR count). The van der Waals surface area contributed by atoms with Gasteiger partial charge in [0.1, 0.15) is 0 Å². The zero-order chi connectivity index (χ0) is 18.4. The number of nitrogens with one attached hydrogen (secondary N) is 1. The van der Waals surface area contributed by atoms with Crippen LogP contribution in [0.25, 0.3) is 0 Å². The summed E-state index contributed by atoms with van der Waals surface area (Å²) >= 11 is 4.00. The van der Waals surface area contributed by atoms with Crippen molar-refractivity contribution in [2.24, 2.45) is 0 Å². The fraction of sp³-hybridized carbons (Fsp3) is 0.381. The third-order valence-corrected chi connectivity index (χ3v) is 7.55. The van der Waals surface area contributed by atoms with Gasteiger partial charge in [0.05, 0.1) is 10.6 Å². The Morgan fingerprint density at radius 3 is 2.35 bits per heavy atom. The molecular weight excluding hydrogens is 360 g/mol. The highest BCUT2D eigenvalue weighted by atomic mass is 32.2. The second-order valence-corrected chi connectivity index (χ2v) is 9.37. The average Bonchev–Trinajstić information content (AvgIpc) is 2.69. The maximum atomic E-state index is 12.6. The molecule has 26 heavy (non-hydrogen) atoms. The van der Waals surface area contributed by atoms with Crippen LogP contribution in [0.15, 0.2) is 54.6 Å². The maximum Gasteiger partial charge on any atom is 0.251 e. The first-order chi connectivity index (χ1) is 12.6. The van der Waals surface area contributed by atoms with Crippen LogP contribution in [-0.4, -0.2) is 43.0 Å². The van der Waals surface area contributed by atoms with Crippen molar-refractivity contribution in [3.05, 3.63) is 71.3 Å². The number of benzene rings is 2. The third-order valence-electron chi connectivity index (χ3n) is 4.54. The molecule has 2 aromatic rings. The zero-order valence-corrected chi connectivity index (χ0v) is 17.0. The van der Waals surface area contributed by atoms with Gasteiger partial charge in [0.2, 0.25) is 0 Å². The summed E-state index contributed by atoms with van der Waals surface area (Å²) in [5.41, 5.74) is 3.25. The molecule has 0 aliphatic carbocycles. The minimum Gasteiger partial charge on any atom is -0.350 e. The molecule has 0 aromatic heterocycles. The van der Waals surface area contributed by atoms with Gasteiger partial charge in [0, 0.05) is 12.1 Å². The monoisotopic (exact) mass is 386 g/mol. The van der Waals surface area contributed by atoms with E-state index in [1.165, 1.54) is 29.1 Å². The van der Waals surface area contributed by atoms with Crippen LogP contribution < -0.4 is 5.32 Å². The molecule has 1 aliphatic heterocycles. The van der Waals surface area contributed by atoms with Crippen molar-refractivity contribution >= 4 is 29.4 Å². The Hall–Kier alpha value is -1.43. The number of hydrogen-bond donors (Lipinski definition) is 1. The van der Waals surface area contributed by atoms with Crippen molar-refractivity contribution in [1.82, 2.24) is 10.2 Å². The molecule has 2 aromatic carbocycles. The van der Waals surface area contributed by atoms with Gasteiger partial charge in [-0.05, 0) is 55.3 Å². The molecule has 1 N–H and O–H groups in total. The Morgan fingerprint density at radius 2 is 1.73 bits per heavy atom. The fourth-order valence-electron chi connectivity index (χ4n) is 3.04. The number of carbonyl (C=O) groups is 1. The van der Waals surface area contributed by atoms with Crippen LogP contribution >= 0.6 is 23.5 Å². The summed E-state index contributed by atoms with van der Waals surface area (Å²) in [6.07, 6.45) is 1.29. The smallest absolute Gasteiger partial charge is 0.251 e. The Bertz CT molecular complexity index is 698. The molecule has 0 unspecified atom stereocenters. The molecule has 1 saturated heterocycles. The van der Waals surface area contributed by atoms with E-state index in [9.17, 15) is 4.79 Å². The predicted octanol–water partition coefficient (Wildman–Crippen LogP) is 4.59. The lowest BCUT2D eigenvalue weighted by Crippen LogP contribution is -2.34. The fourth-order valence-corrected chi connectivity index (χ4v) is 5.93. The van der Waals surface area contributed by atoms with Crippen LogP contribution in [0.5, 0.6) is 0 Å². The number of amides is 1. The average molecular weight is 387 g/mol. The second kappa shape index (κ2) is 9.49. The molecule has 1 heterocycles. The molecule has 138 valence electrons. The summed E-state index contributed by atoms with van der Waals surface area (Å²) in [6.45, 7) is 0.589. The lowest BCUT2D eigenvalue weighted by molar-refractivity contribution is 0.0942. The van der Waals surface area contributed by atoms with Crippen molar-refractivity contribution in [3.8, 4) is 0 Å². The van der Waals surface area contributed by atoms with E-state index in [1.807, 2.05) is 68.0 Å². The Kier molecular flexibility index (Phi) is 7.06. The van der Waals surface area contributed by atoms with Gasteiger partial charge in [-0.2, -0.15) is 0 Å². The summed E-state index contributed by atoms with van der Waals surface area (Å²) in [5, 5.41) is 3.09. The maximum absolute atomic E-state index is 12.6. The summed E-state index contributed by atoms with van der Waals surface area (Å²) in [4.78, 5) is 14.7. The molecule has 3 nitrogen and oxygen atoms in total. The van der Waals surface area contributed by atoms with E-state index in [2.05, 4.69) is 34.5 Å². The number of hydrogen-bond acceptors (Lipinski definition) is 4. The SMILES string of the molecule is CN(C)[C@@H](CNC(=O)c1ccc(C2SCCCS2)cc1)c1ccccc1. The van der Waals surface area contributed by atoms with Gasteiger partial charge >= 0.3 is 0 Å². The van der Waals surface area contributed by atoms with Crippen LogP contribution in [0.4, 0.5) is 0 Å². The molecular formula is C21H26N2OS2. The Balaban J connectivity index is 1.60. The number of rotatable bonds is 6. The van der Waals surface area contributed by atoms with Crippen LogP contribution in [0.3, 0.4) is 0 Å². The number of likely N-dealkylation sites (N-methyl/N-ethyl adjacent to an activating group) is 1. The second-order valence-electron chi connectivity index (χ2n) is 6.65. The molecule has 0 saturated carbocycles. The van der Waals surface area contributed by atoms with Gasteiger partial charge in [-0.1, -0.05) is 42.5 Å². The first-order valence-electron chi connectivity index (χ1n) is 8.98. The molecule has 1 aliphatic rings. The van der Waals surface area contributed by atoms with Crippen LogP contribution in [-0.2, 0) is 0 Å². The van der Waals surface area contributed by atoms with Gasteiger partial charge in [0.15, 0.2) is 0 Å².